The molecule has 0 aromatic heterocycles. The minimum atomic E-state index is 0.683. The second kappa shape index (κ2) is 9.34. The summed E-state index contributed by atoms with van der Waals surface area (Å²) in [7, 11) is 1.76. The van der Waals surface area contributed by atoms with E-state index in [1.807, 2.05) is 12.1 Å². The van der Waals surface area contributed by atoms with E-state index in [4.69, 9.17) is 4.74 Å². The van der Waals surface area contributed by atoms with E-state index in [2.05, 4.69) is 52.1 Å². The Bertz CT molecular complexity index is 358. The smallest absolute Gasteiger partial charge is 0.0589 e. The predicted octanol–water partition coefficient (Wildman–Crippen LogP) is 3.47. The Hall–Kier alpha value is -0.580. The number of nitrogens with one attached hydrogen (secondary N) is 1. The minimum Gasteiger partial charge on any atom is -0.384 e. The summed E-state index contributed by atoms with van der Waals surface area (Å²) in [5.74, 6) is 0.683. The number of nitrogens with zero attached hydrogens (tertiary/aromatic N) is 1. The molecule has 3 nitrogen and oxygen atoms in total. The number of ether oxygens (including phenoxy) is 1. The summed E-state index contributed by atoms with van der Waals surface area (Å²) in [6.45, 7) is 9.39. The van der Waals surface area contributed by atoms with E-state index in [1.165, 1.54) is 0 Å². The number of halogens is 1. The molecule has 0 bridgehead atoms. The molecule has 0 aliphatic rings. The van der Waals surface area contributed by atoms with Crippen molar-refractivity contribution in [1.82, 2.24) is 4.90 Å². The first-order chi connectivity index (χ1) is 9.11. The quantitative estimate of drug-likeness (QED) is 0.751. The van der Waals surface area contributed by atoms with Crippen LogP contribution in [-0.4, -0.2) is 44.8 Å². The van der Waals surface area contributed by atoms with Crippen molar-refractivity contribution in [2.75, 3.05) is 45.2 Å². The molecule has 0 aliphatic carbocycles. The molecule has 0 saturated heterocycles. The van der Waals surface area contributed by atoms with Crippen molar-refractivity contribution in [3.8, 4) is 0 Å². The van der Waals surface area contributed by atoms with Gasteiger partial charge in [-0.15, -0.1) is 0 Å². The summed E-state index contributed by atoms with van der Waals surface area (Å²) >= 11 is 3.48. The Labute approximate surface area is 125 Å². The highest BCUT2D eigenvalue weighted by molar-refractivity contribution is 9.10. The van der Waals surface area contributed by atoms with E-state index in [9.17, 15) is 0 Å². The van der Waals surface area contributed by atoms with E-state index >= 15 is 0 Å². The summed E-state index contributed by atoms with van der Waals surface area (Å²) < 4.78 is 6.27. The standard InChI is InChI=1S/C15H25BrN2O/c1-13(2)12-18(9-10-19-3)8-7-17-15-6-4-5-14(16)11-15/h4-6,11,13,17H,7-10,12H2,1-3H3. The van der Waals surface area contributed by atoms with Crippen molar-refractivity contribution >= 4 is 21.6 Å². The first-order valence-corrected chi connectivity index (χ1v) is 7.62. The van der Waals surface area contributed by atoms with Crippen LogP contribution in [0.2, 0.25) is 0 Å². The van der Waals surface area contributed by atoms with Gasteiger partial charge in [-0.3, -0.25) is 4.90 Å². The molecule has 0 amide bonds. The Balaban J connectivity index is 2.34. The fourth-order valence-corrected chi connectivity index (χ4v) is 2.39. The summed E-state index contributed by atoms with van der Waals surface area (Å²) in [5, 5.41) is 3.45. The number of anilines is 1. The van der Waals surface area contributed by atoms with E-state index < -0.39 is 0 Å². The Morgan fingerprint density at radius 1 is 1.32 bits per heavy atom. The fraction of sp³-hybridized carbons (Fsp3) is 0.600. The highest BCUT2D eigenvalue weighted by Crippen LogP contribution is 2.15. The zero-order valence-electron chi connectivity index (χ0n) is 12.2. The van der Waals surface area contributed by atoms with Crippen LogP contribution in [0.15, 0.2) is 28.7 Å². The van der Waals surface area contributed by atoms with Crippen LogP contribution in [0.25, 0.3) is 0 Å². The monoisotopic (exact) mass is 328 g/mol. The maximum Gasteiger partial charge on any atom is 0.0589 e. The maximum atomic E-state index is 5.17. The Morgan fingerprint density at radius 3 is 2.74 bits per heavy atom. The lowest BCUT2D eigenvalue weighted by atomic mass is 10.2. The van der Waals surface area contributed by atoms with Gasteiger partial charge in [-0.25, -0.2) is 0 Å². The zero-order valence-corrected chi connectivity index (χ0v) is 13.7. The lowest BCUT2D eigenvalue weighted by molar-refractivity contribution is 0.143. The highest BCUT2D eigenvalue weighted by atomic mass is 79.9. The van der Waals surface area contributed by atoms with Crippen molar-refractivity contribution in [2.24, 2.45) is 5.92 Å². The lowest BCUT2D eigenvalue weighted by Crippen LogP contribution is -2.34. The maximum absolute atomic E-state index is 5.17. The molecular formula is C15H25BrN2O. The van der Waals surface area contributed by atoms with E-state index in [0.717, 1.165) is 42.9 Å². The largest absolute Gasteiger partial charge is 0.384 e. The molecule has 1 aromatic carbocycles. The molecule has 0 unspecified atom stereocenters. The van der Waals surface area contributed by atoms with Crippen LogP contribution in [-0.2, 0) is 4.74 Å². The molecule has 0 heterocycles. The first-order valence-electron chi connectivity index (χ1n) is 6.82. The number of rotatable bonds is 9. The van der Waals surface area contributed by atoms with Gasteiger partial charge in [-0.2, -0.15) is 0 Å². The molecular weight excluding hydrogens is 304 g/mol. The topological polar surface area (TPSA) is 24.5 Å². The molecule has 1 aromatic rings. The molecule has 1 rings (SSSR count). The lowest BCUT2D eigenvalue weighted by Gasteiger charge is -2.24. The summed E-state index contributed by atoms with van der Waals surface area (Å²) in [6, 6.07) is 8.27. The molecule has 4 heteroatoms. The average molecular weight is 329 g/mol. The number of hydrogen-bond acceptors (Lipinski definition) is 3. The third-order valence-electron chi connectivity index (χ3n) is 2.82. The van der Waals surface area contributed by atoms with Crippen molar-refractivity contribution in [3.63, 3.8) is 0 Å². The molecule has 0 radical (unpaired) electrons. The summed E-state index contributed by atoms with van der Waals surface area (Å²) in [6.07, 6.45) is 0. The SMILES string of the molecule is COCCN(CCNc1cccc(Br)c1)CC(C)C. The molecule has 0 atom stereocenters. The third-order valence-corrected chi connectivity index (χ3v) is 3.31. The summed E-state index contributed by atoms with van der Waals surface area (Å²) in [4.78, 5) is 2.44. The van der Waals surface area contributed by atoms with Gasteiger partial charge in [0.2, 0.25) is 0 Å². The number of methoxy groups -OCH3 is 1. The van der Waals surface area contributed by atoms with Gasteiger partial charge in [0.05, 0.1) is 6.61 Å². The predicted molar refractivity (Wildman–Crippen MR) is 85.8 cm³/mol. The molecule has 108 valence electrons. The molecule has 0 aliphatic heterocycles. The second-order valence-electron chi connectivity index (χ2n) is 5.12. The van der Waals surface area contributed by atoms with Gasteiger partial charge in [-0.05, 0) is 24.1 Å². The molecule has 0 fully saturated rings. The number of hydrogen-bond donors (Lipinski definition) is 1. The van der Waals surface area contributed by atoms with Gasteiger partial charge >= 0.3 is 0 Å². The van der Waals surface area contributed by atoms with Crippen LogP contribution in [0.1, 0.15) is 13.8 Å². The third kappa shape index (κ3) is 7.55. The van der Waals surface area contributed by atoms with Crippen LogP contribution < -0.4 is 5.32 Å². The summed E-state index contributed by atoms with van der Waals surface area (Å²) in [5.41, 5.74) is 1.16. The van der Waals surface area contributed by atoms with E-state index in [-0.39, 0.29) is 0 Å². The van der Waals surface area contributed by atoms with Gasteiger partial charge < -0.3 is 10.1 Å². The van der Waals surface area contributed by atoms with Gasteiger partial charge in [0.1, 0.15) is 0 Å². The van der Waals surface area contributed by atoms with Crippen LogP contribution in [0, 0.1) is 5.92 Å². The molecule has 19 heavy (non-hydrogen) atoms. The molecule has 0 saturated carbocycles. The van der Waals surface area contributed by atoms with Crippen LogP contribution in [0.4, 0.5) is 5.69 Å². The van der Waals surface area contributed by atoms with Crippen LogP contribution in [0.3, 0.4) is 0 Å². The molecule has 0 spiro atoms. The van der Waals surface area contributed by atoms with Gasteiger partial charge in [0, 0.05) is 43.4 Å². The Kier molecular flexibility index (Phi) is 8.10. The fourth-order valence-electron chi connectivity index (χ4n) is 1.99. The van der Waals surface area contributed by atoms with Crippen molar-refractivity contribution in [3.05, 3.63) is 28.7 Å². The van der Waals surface area contributed by atoms with Crippen molar-refractivity contribution < 1.29 is 4.74 Å². The van der Waals surface area contributed by atoms with Crippen LogP contribution in [0.5, 0.6) is 0 Å². The number of benzene rings is 1. The van der Waals surface area contributed by atoms with Crippen molar-refractivity contribution in [2.45, 2.75) is 13.8 Å². The zero-order chi connectivity index (χ0) is 14.1. The highest BCUT2D eigenvalue weighted by Gasteiger charge is 2.06. The Morgan fingerprint density at radius 2 is 2.11 bits per heavy atom. The molecule has 1 N–H and O–H groups in total. The minimum absolute atomic E-state index is 0.683. The average Bonchev–Trinajstić information content (AvgIpc) is 2.35. The van der Waals surface area contributed by atoms with Crippen LogP contribution >= 0.6 is 15.9 Å². The van der Waals surface area contributed by atoms with Gasteiger partial charge in [-0.1, -0.05) is 35.8 Å². The van der Waals surface area contributed by atoms with Crippen molar-refractivity contribution in [1.29, 1.82) is 0 Å². The van der Waals surface area contributed by atoms with Gasteiger partial charge in [0.25, 0.3) is 0 Å². The van der Waals surface area contributed by atoms with Gasteiger partial charge in [0.15, 0.2) is 0 Å². The van der Waals surface area contributed by atoms with E-state index in [1.54, 1.807) is 7.11 Å². The second-order valence-corrected chi connectivity index (χ2v) is 6.04. The first kappa shape index (κ1) is 16.5. The normalized spacial score (nSPS) is 11.3. The van der Waals surface area contributed by atoms with E-state index in [0.29, 0.717) is 5.92 Å².